The van der Waals surface area contributed by atoms with E-state index in [2.05, 4.69) is 34.0 Å². The Hall–Kier alpha value is -2.07. The van der Waals surface area contributed by atoms with E-state index in [0.717, 1.165) is 16.3 Å². The van der Waals surface area contributed by atoms with Crippen LogP contribution >= 0.6 is 0 Å². The van der Waals surface area contributed by atoms with Gasteiger partial charge in [-0.1, -0.05) is 11.6 Å². The number of fused-ring (bicyclic) bond motifs is 2. The third-order valence-corrected chi connectivity index (χ3v) is 2.75. The Morgan fingerprint density at radius 2 is 2.00 bits per heavy atom. The van der Waals surface area contributed by atoms with Gasteiger partial charge < -0.3 is 5.73 Å². The minimum atomic E-state index is 0.337. The molecule has 17 heavy (non-hydrogen) atoms. The molecule has 4 nitrogen and oxygen atoms in total. The molecule has 0 aliphatic heterocycles. The van der Waals surface area contributed by atoms with Gasteiger partial charge in [0.25, 0.3) is 0 Å². The molecule has 2 aromatic heterocycles. The molecule has 0 saturated carbocycles. The molecule has 0 aliphatic rings. The molecule has 0 spiro atoms. The van der Waals surface area contributed by atoms with Crippen LogP contribution in [0.5, 0.6) is 0 Å². The lowest BCUT2D eigenvalue weighted by atomic mass is 10.1. The highest BCUT2D eigenvalue weighted by atomic mass is 14.9. The van der Waals surface area contributed by atoms with E-state index in [-0.39, 0.29) is 0 Å². The maximum absolute atomic E-state index is 5.52. The average Bonchev–Trinajstić information content (AvgIpc) is 2.35. The fourth-order valence-corrected chi connectivity index (χ4v) is 1.88. The highest BCUT2D eigenvalue weighted by molar-refractivity contribution is 5.90. The van der Waals surface area contributed by atoms with E-state index in [9.17, 15) is 0 Å². The maximum atomic E-state index is 5.52. The number of nitrogens with two attached hydrogens (primary N) is 1. The monoisotopic (exact) mass is 224 g/mol. The summed E-state index contributed by atoms with van der Waals surface area (Å²) in [5.41, 5.74) is 8.40. The van der Waals surface area contributed by atoms with Crippen molar-refractivity contribution in [3.8, 4) is 0 Å². The first-order valence-corrected chi connectivity index (χ1v) is 5.49. The predicted molar refractivity (Wildman–Crippen MR) is 67.5 cm³/mol. The summed E-state index contributed by atoms with van der Waals surface area (Å²) in [5.74, 6) is 0.622. The molecule has 3 rings (SSSR count). The number of rotatable bonds is 1. The Labute approximate surface area is 98.5 Å². The lowest BCUT2D eigenvalue weighted by Crippen LogP contribution is -2.03. The second kappa shape index (κ2) is 3.75. The summed E-state index contributed by atoms with van der Waals surface area (Å²) in [6, 6.07) is 8.23. The van der Waals surface area contributed by atoms with Crippen molar-refractivity contribution in [2.45, 2.75) is 13.5 Å². The van der Waals surface area contributed by atoms with Gasteiger partial charge >= 0.3 is 0 Å². The number of benzene rings is 1. The fourth-order valence-electron chi connectivity index (χ4n) is 1.88. The number of aromatic nitrogens is 3. The van der Waals surface area contributed by atoms with Crippen LogP contribution in [0.25, 0.3) is 21.9 Å². The van der Waals surface area contributed by atoms with Gasteiger partial charge in [-0.2, -0.15) is 0 Å². The Bertz CT molecular complexity index is 706. The third-order valence-electron chi connectivity index (χ3n) is 2.75. The zero-order valence-corrected chi connectivity index (χ0v) is 9.51. The van der Waals surface area contributed by atoms with E-state index < -0.39 is 0 Å². The van der Waals surface area contributed by atoms with Gasteiger partial charge in [0.2, 0.25) is 0 Å². The molecule has 84 valence electrons. The van der Waals surface area contributed by atoms with Gasteiger partial charge in [0.05, 0.1) is 12.1 Å². The molecule has 3 aromatic rings. The first kappa shape index (κ1) is 10.1. The van der Waals surface area contributed by atoms with Crippen LogP contribution < -0.4 is 5.73 Å². The van der Waals surface area contributed by atoms with Crippen molar-refractivity contribution in [3.05, 3.63) is 41.9 Å². The van der Waals surface area contributed by atoms with Crippen molar-refractivity contribution in [2.24, 2.45) is 5.73 Å². The molecule has 0 bridgehead atoms. The van der Waals surface area contributed by atoms with Gasteiger partial charge in [-0.05, 0) is 25.1 Å². The van der Waals surface area contributed by atoms with Gasteiger partial charge in [-0.3, -0.25) is 0 Å². The second-order valence-corrected chi connectivity index (χ2v) is 4.09. The number of pyridine rings is 1. The lowest BCUT2D eigenvalue weighted by molar-refractivity contribution is 0.922. The van der Waals surface area contributed by atoms with Crippen molar-refractivity contribution in [1.29, 1.82) is 0 Å². The molecular formula is C13H12N4. The molecular weight excluding hydrogens is 212 g/mol. The highest BCUT2D eigenvalue weighted by Gasteiger charge is 2.03. The fraction of sp³-hybridized carbons (Fsp3) is 0.154. The second-order valence-electron chi connectivity index (χ2n) is 4.09. The Balaban J connectivity index is 2.35. The quantitative estimate of drug-likeness (QED) is 0.641. The molecule has 0 fully saturated rings. The molecule has 0 aliphatic carbocycles. The van der Waals surface area contributed by atoms with Crippen molar-refractivity contribution in [2.75, 3.05) is 0 Å². The smallest absolute Gasteiger partial charge is 0.163 e. The van der Waals surface area contributed by atoms with E-state index in [1.807, 2.05) is 12.1 Å². The molecule has 1 aromatic carbocycles. The van der Waals surface area contributed by atoms with Crippen LogP contribution in [0, 0.1) is 6.92 Å². The summed E-state index contributed by atoms with van der Waals surface area (Å²) in [6.45, 7) is 2.40. The van der Waals surface area contributed by atoms with Crippen LogP contribution in [0.4, 0.5) is 0 Å². The molecule has 0 radical (unpaired) electrons. The summed E-state index contributed by atoms with van der Waals surface area (Å²) in [4.78, 5) is 13.0. The van der Waals surface area contributed by atoms with Gasteiger partial charge in [-0.15, -0.1) is 0 Å². The molecule has 2 N–H and O–H groups in total. The number of aryl methyl sites for hydroxylation is 1. The topological polar surface area (TPSA) is 64.7 Å². The number of hydrogen-bond acceptors (Lipinski definition) is 4. The first-order chi connectivity index (χ1) is 8.26. The Kier molecular flexibility index (Phi) is 2.23. The van der Waals surface area contributed by atoms with Gasteiger partial charge in [0, 0.05) is 17.0 Å². The summed E-state index contributed by atoms with van der Waals surface area (Å²) < 4.78 is 0. The van der Waals surface area contributed by atoms with E-state index in [4.69, 9.17) is 5.73 Å². The van der Waals surface area contributed by atoms with Crippen LogP contribution in [0.15, 0.2) is 30.5 Å². The molecule has 0 unspecified atom stereocenters. The van der Waals surface area contributed by atoms with E-state index >= 15 is 0 Å². The third kappa shape index (κ3) is 1.72. The number of hydrogen-bond donors (Lipinski definition) is 1. The van der Waals surface area contributed by atoms with E-state index in [0.29, 0.717) is 18.0 Å². The first-order valence-electron chi connectivity index (χ1n) is 5.49. The Morgan fingerprint density at radius 1 is 1.12 bits per heavy atom. The largest absolute Gasteiger partial charge is 0.324 e. The zero-order valence-electron chi connectivity index (χ0n) is 9.51. The van der Waals surface area contributed by atoms with Crippen LogP contribution in [-0.2, 0) is 6.54 Å². The summed E-state index contributed by atoms with van der Waals surface area (Å²) in [6.07, 6.45) is 1.78. The van der Waals surface area contributed by atoms with Gasteiger partial charge in [0.1, 0.15) is 5.82 Å². The molecule has 2 heterocycles. The normalized spacial score (nSPS) is 11.2. The average molecular weight is 224 g/mol. The predicted octanol–water partition coefficient (Wildman–Crippen LogP) is 1.95. The van der Waals surface area contributed by atoms with Crippen LogP contribution in [0.1, 0.15) is 11.4 Å². The summed E-state index contributed by atoms with van der Waals surface area (Å²) >= 11 is 0. The Morgan fingerprint density at radius 3 is 2.82 bits per heavy atom. The zero-order chi connectivity index (χ0) is 11.8. The highest BCUT2D eigenvalue weighted by Crippen LogP contribution is 2.18. The van der Waals surface area contributed by atoms with E-state index in [1.165, 1.54) is 5.56 Å². The maximum Gasteiger partial charge on any atom is 0.163 e. The van der Waals surface area contributed by atoms with Crippen LogP contribution in [-0.4, -0.2) is 15.0 Å². The standard InChI is InChI=1S/C13H12N4/c1-8-2-3-11-9(4-8)5-10-7-15-12(6-14)17-13(10)16-11/h2-5,7H,6,14H2,1H3. The van der Waals surface area contributed by atoms with E-state index in [1.54, 1.807) is 6.20 Å². The van der Waals surface area contributed by atoms with Gasteiger partial charge in [0.15, 0.2) is 5.65 Å². The molecule has 0 atom stereocenters. The molecule has 0 amide bonds. The van der Waals surface area contributed by atoms with Crippen molar-refractivity contribution in [3.63, 3.8) is 0 Å². The number of nitrogens with zero attached hydrogens (tertiary/aromatic N) is 3. The van der Waals surface area contributed by atoms with Crippen LogP contribution in [0.2, 0.25) is 0 Å². The summed E-state index contributed by atoms with van der Waals surface area (Å²) in [5, 5.41) is 2.06. The lowest BCUT2D eigenvalue weighted by Gasteiger charge is -2.03. The molecule has 4 heteroatoms. The molecule has 0 saturated heterocycles. The van der Waals surface area contributed by atoms with Crippen molar-refractivity contribution in [1.82, 2.24) is 15.0 Å². The van der Waals surface area contributed by atoms with Crippen LogP contribution in [0.3, 0.4) is 0 Å². The van der Waals surface area contributed by atoms with Crippen molar-refractivity contribution < 1.29 is 0 Å². The van der Waals surface area contributed by atoms with Crippen molar-refractivity contribution >= 4 is 21.9 Å². The minimum Gasteiger partial charge on any atom is -0.324 e. The van der Waals surface area contributed by atoms with Gasteiger partial charge in [-0.25, -0.2) is 15.0 Å². The minimum absolute atomic E-state index is 0.337. The SMILES string of the molecule is Cc1ccc2nc3nc(CN)ncc3cc2c1. The summed E-state index contributed by atoms with van der Waals surface area (Å²) in [7, 11) is 0.